The van der Waals surface area contributed by atoms with E-state index in [0.717, 1.165) is 58.3 Å². The van der Waals surface area contributed by atoms with Crippen LogP contribution in [0.1, 0.15) is 74.3 Å². The summed E-state index contributed by atoms with van der Waals surface area (Å²) >= 11 is 0. The van der Waals surface area contributed by atoms with Gasteiger partial charge in [-0.2, -0.15) is 0 Å². The first-order valence-corrected chi connectivity index (χ1v) is 10.2. The van der Waals surface area contributed by atoms with Crippen LogP contribution in [0.3, 0.4) is 0 Å². The molecule has 1 atom stereocenters. The number of nitrogens with zero attached hydrogens (tertiary/aromatic N) is 5. The Morgan fingerprint density at radius 2 is 1.92 bits per heavy atom. The van der Waals surface area contributed by atoms with Crippen LogP contribution in [0.15, 0.2) is 6.20 Å². The highest BCUT2D eigenvalue weighted by atomic mass is 16.2. The van der Waals surface area contributed by atoms with Crippen molar-refractivity contribution in [1.29, 1.82) is 0 Å². The highest BCUT2D eigenvalue weighted by Gasteiger charge is 2.30. The Hall–Kier alpha value is -1.92. The zero-order chi connectivity index (χ0) is 17.9. The number of likely N-dealkylation sites (tertiary alicyclic amines) is 2. The van der Waals surface area contributed by atoms with Gasteiger partial charge < -0.3 is 9.80 Å². The van der Waals surface area contributed by atoms with Gasteiger partial charge in [-0.1, -0.05) is 24.5 Å². The van der Waals surface area contributed by atoms with E-state index in [4.69, 9.17) is 0 Å². The Labute approximate surface area is 154 Å². The third kappa shape index (κ3) is 3.76. The van der Waals surface area contributed by atoms with Crippen molar-refractivity contribution in [2.45, 2.75) is 63.8 Å². The van der Waals surface area contributed by atoms with E-state index < -0.39 is 0 Å². The molecule has 26 heavy (non-hydrogen) atoms. The SMILES string of the molecule is O=C1CCCN1CC1CCCN(C(=O)c2cn(C3CCCCC3)nn2)C1. The van der Waals surface area contributed by atoms with Crippen LogP contribution in [0, 0.1) is 5.92 Å². The van der Waals surface area contributed by atoms with E-state index in [1.165, 1.54) is 19.3 Å². The minimum atomic E-state index is -0.00971. The highest BCUT2D eigenvalue weighted by Crippen LogP contribution is 2.27. The Balaban J connectivity index is 1.36. The Bertz CT molecular complexity index is 652. The van der Waals surface area contributed by atoms with Crippen molar-refractivity contribution in [3.05, 3.63) is 11.9 Å². The van der Waals surface area contributed by atoms with E-state index in [0.29, 0.717) is 24.1 Å². The molecule has 2 saturated heterocycles. The minimum absolute atomic E-state index is 0.00971. The first kappa shape index (κ1) is 17.5. The largest absolute Gasteiger partial charge is 0.342 e. The Morgan fingerprint density at radius 1 is 1.08 bits per heavy atom. The van der Waals surface area contributed by atoms with Gasteiger partial charge in [0.1, 0.15) is 0 Å². The summed E-state index contributed by atoms with van der Waals surface area (Å²) in [5.74, 6) is 0.636. The standard InChI is InChI=1S/C19H29N5O2/c25-18-9-5-10-22(18)12-15-6-4-11-23(13-15)19(26)17-14-24(21-20-17)16-7-2-1-3-8-16/h14-16H,1-13H2. The van der Waals surface area contributed by atoms with E-state index in [9.17, 15) is 9.59 Å². The van der Waals surface area contributed by atoms with Crippen LogP contribution in [-0.2, 0) is 4.79 Å². The number of aromatic nitrogens is 3. The lowest BCUT2D eigenvalue weighted by Crippen LogP contribution is -2.44. The molecule has 2 aliphatic heterocycles. The van der Waals surface area contributed by atoms with Crippen molar-refractivity contribution in [1.82, 2.24) is 24.8 Å². The highest BCUT2D eigenvalue weighted by molar-refractivity contribution is 5.92. The maximum Gasteiger partial charge on any atom is 0.276 e. The fraction of sp³-hybridized carbons (Fsp3) is 0.789. The molecule has 0 N–H and O–H groups in total. The zero-order valence-electron chi connectivity index (χ0n) is 15.5. The number of carbonyl (C=O) groups is 2. The van der Waals surface area contributed by atoms with Gasteiger partial charge in [-0.25, -0.2) is 4.68 Å². The van der Waals surface area contributed by atoms with Crippen LogP contribution < -0.4 is 0 Å². The number of hydrogen-bond donors (Lipinski definition) is 0. The Kier molecular flexibility index (Phi) is 5.22. The monoisotopic (exact) mass is 359 g/mol. The molecule has 1 aromatic rings. The predicted octanol–water partition coefficient (Wildman–Crippen LogP) is 2.26. The summed E-state index contributed by atoms with van der Waals surface area (Å²) in [4.78, 5) is 28.6. The second kappa shape index (κ2) is 7.76. The molecule has 1 aromatic heterocycles. The molecule has 7 nitrogen and oxygen atoms in total. The number of carbonyl (C=O) groups excluding carboxylic acids is 2. The molecule has 1 unspecified atom stereocenters. The molecule has 4 rings (SSSR count). The van der Waals surface area contributed by atoms with E-state index in [1.54, 1.807) is 0 Å². The summed E-state index contributed by atoms with van der Waals surface area (Å²) in [6, 6.07) is 0.396. The average Bonchev–Trinajstić information content (AvgIpc) is 3.32. The van der Waals surface area contributed by atoms with Gasteiger partial charge in [0, 0.05) is 32.6 Å². The van der Waals surface area contributed by atoms with E-state index in [2.05, 4.69) is 10.3 Å². The van der Waals surface area contributed by atoms with Crippen molar-refractivity contribution >= 4 is 11.8 Å². The summed E-state index contributed by atoms with van der Waals surface area (Å²) < 4.78 is 1.90. The fourth-order valence-corrected chi connectivity index (χ4v) is 4.67. The van der Waals surface area contributed by atoms with Crippen LogP contribution in [0.5, 0.6) is 0 Å². The molecule has 3 fully saturated rings. The quantitative estimate of drug-likeness (QED) is 0.827. The molecule has 142 valence electrons. The van der Waals surface area contributed by atoms with Gasteiger partial charge >= 0.3 is 0 Å². The normalized spacial score (nSPS) is 25.1. The molecule has 2 amide bonds. The molecule has 3 heterocycles. The van der Waals surface area contributed by atoms with Gasteiger partial charge in [0.2, 0.25) is 5.91 Å². The summed E-state index contributed by atoms with van der Waals surface area (Å²) in [7, 11) is 0. The first-order valence-electron chi connectivity index (χ1n) is 10.2. The molecule has 1 aliphatic carbocycles. The Morgan fingerprint density at radius 3 is 2.69 bits per heavy atom. The van der Waals surface area contributed by atoms with Crippen LogP contribution in [0.4, 0.5) is 0 Å². The third-order valence-electron chi connectivity index (χ3n) is 6.13. The number of piperidine rings is 1. The lowest BCUT2D eigenvalue weighted by atomic mass is 9.96. The van der Waals surface area contributed by atoms with Gasteiger partial charge in [0.15, 0.2) is 5.69 Å². The summed E-state index contributed by atoms with van der Waals surface area (Å²) in [6.45, 7) is 3.16. The van der Waals surface area contributed by atoms with Gasteiger partial charge in [-0.3, -0.25) is 9.59 Å². The number of rotatable bonds is 4. The van der Waals surface area contributed by atoms with Crippen molar-refractivity contribution in [3.8, 4) is 0 Å². The van der Waals surface area contributed by atoms with E-state index >= 15 is 0 Å². The lowest BCUT2D eigenvalue weighted by Gasteiger charge is -2.34. The molecule has 0 bridgehead atoms. The molecular weight excluding hydrogens is 330 g/mol. The average molecular weight is 359 g/mol. The minimum Gasteiger partial charge on any atom is -0.342 e. The fourth-order valence-electron chi connectivity index (χ4n) is 4.67. The predicted molar refractivity (Wildman–Crippen MR) is 96.6 cm³/mol. The van der Waals surface area contributed by atoms with Crippen LogP contribution >= 0.6 is 0 Å². The van der Waals surface area contributed by atoms with Crippen LogP contribution in [-0.4, -0.2) is 62.8 Å². The van der Waals surface area contributed by atoms with Crippen molar-refractivity contribution < 1.29 is 9.59 Å². The molecule has 7 heteroatoms. The second-order valence-electron chi connectivity index (χ2n) is 8.08. The third-order valence-corrected chi connectivity index (χ3v) is 6.13. The molecular formula is C19H29N5O2. The van der Waals surface area contributed by atoms with Gasteiger partial charge in [-0.15, -0.1) is 5.10 Å². The van der Waals surface area contributed by atoms with Gasteiger partial charge in [-0.05, 0) is 38.0 Å². The van der Waals surface area contributed by atoms with Gasteiger partial charge in [0.05, 0.1) is 12.2 Å². The van der Waals surface area contributed by atoms with Crippen LogP contribution in [0.2, 0.25) is 0 Å². The first-order chi connectivity index (χ1) is 12.7. The second-order valence-corrected chi connectivity index (χ2v) is 8.08. The van der Waals surface area contributed by atoms with Crippen molar-refractivity contribution in [2.75, 3.05) is 26.2 Å². The van der Waals surface area contributed by atoms with Crippen molar-refractivity contribution in [3.63, 3.8) is 0 Å². The maximum absolute atomic E-state index is 12.9. The number of hydrogen-bond acceptors (Lipinski definition) is 4. The molecule has 3 aliphatic rings. The van der Waals surface area contributed by atoms with E-state index in [-0.39, 0.29) is 11.8 Å². The maximum atomic E-state index is 12.9. The summed E-state index contributed by atoms with van der Waals surface area (Å²) in [6.07, 6.45) is 11.6. The smallest absolute Gasteiger partial charge is 0.276 e. The number of amides is 2. The lowest BCUT2D eigenvalue weighted by molar-refractivity contribution is -0.128. The topological polar surface area (TPSA) is 71.3 Å². The van der Waals surface area contributed by atoms with Crippen molar-refractivity contribution in [2.24, 2.45) is 5.92 Å². The molecule has 1 saturated carbocycles. The van der Waals surface area contributed by atoms with Gasteiger partial charge in [0.25, 0.3) is 5.91 Å². The molecule has 0 aromatic carbocycles. The molecule has 0 radical (unpaired) electrons. The van der Waals surface area contributed by atoms with E-state index in [1.807, 2.05) is 20.7 Å². The van der Waals surface area contributed by atoms with Crippen LogP contribution in [0.25, 0.3) is 0 Å². The zero-order valence-corrected chi connectivity index (χ0v) is 15.5. The summed E-state index contributed by atoms with van der Waals surface area (Å²) in [5, 5.41) is 8.40. The summed E-state index contributed by atoms with van der Waals surface area (Å²) in [5.41, 5.74) is 0.466. The molecule has 0 spiro atoms.